The van der Waals surface area contributed by atoms with Crippen molar-refractivity contribution in [2.24, 2.45) is 7.05 Å². The Morgan fingerprint density at radius 3 is 2.89 bits per heavy atom. The Morgan fingerprint density at radius 1 is 1.39 bits per heavy atom. The number of aryl methyl sites for hydroxylation is 1. The van der Waals surface area contributed by atoms with E-state index in [-0.39, 0.29) is 0 Å². The third-order valence-corrected chi connectivity index (χ3v) is 3.97. The number of rotatable bonds is 5. The van der Waals surface area contributed by atoms with Crippen LogP contribution in [0.5, 0.6) is 0 Å². The summed E-state index contributed by atoms with van der Waals surface area (Å²) >= 11 is 1.83. The molecule has 1 aromatic heterocycles. The number of nitrogens with zero attached hydrogens (tertiary/aromatic N) is 2. The van der Waals surface area contributed by atoms with Gasteiger partial charge in [-0.15, -0.1) is 11.8 Å². The highest BCUT2D eigenvalue weighted by Crippen LogP contribution is 2.24. The number of thioether (sulfide) groups is 1. The Balaban J connectivity index is 2.01. The quantitative estimate of drug-likeness (QED) is 0.839. The molecular formula is C14H19N3S. The number of aromatic nitrogens is 2. The van der Waals surface area contributed by atoms with E-state index >= 15 is 0 Å². The largest absolute Gasteiger partial charge is 0.313 e. The minimum atomic E-state index is 0.389. The fourth-order valence-corrected chi connectivity index (χ4v) is 2.60. The van der Waals surface area contributed by atoms with Crippen LogP contribution in [-0.2, 0) is 12.8 Å². The van der Waals surface area contributed by atoms with Gasteiger partial charge in [-0.25, -0.2) is 0 Å². The van der Waals surface area contributed by atoms with Gasteiger partial charge in [0.15, 0.2) is 0 Å². The normalized spacial score (nSPS) is 12.6. The molecule has 4 heteroatoms. The van der Waals surface area contributed by atoms with Crippen LogP contribution >= 0.6 is 11.8 Å². The topological polar surface area (TPSA) is 29.9 Å². The van der Waals surface area contributed by atoms with Crippen LogP contribution in [0, 0.1) is 0 Å². The van der Waals surface area contributed by atoms with Crippen LogP contribution in [0.25, 0.3) is 0 Å². The van der Waals surface area contributed by atoms with Gasteiger partial charge >= 0.3 is 0 Å². The van der Waals surface area contributed by atoms with Crippen molar-refractivity contribution < 1.29 is 0 Å². The van der Waals surface area contributed by atoms with Crippen LogP contribution in [0.2, 0.25) is 0 Å². The van der Waals surface area contributed by atoms with E-state index in [1.165, 1.54) is 10.5 Å². The lowest BCUT2D eigenvalue weighted by Gasteiger charge is -2.11. The van der Waals surface area contributed by atoms with Crippen LogP contribution in [-0.4, -0.2) is 16.8 Å². The van der Waals surface area contributed by atoms with E-state index in [1.54, 1.807) is 0 Å². The molecule has 1 heterocycles. The van der Waals surface area contributed by atoms with Crippen molar-refractivity contribution >= 4 is 11.8 Å². The second kappa shape index (κ2) is 6.07. The van der Waals surface area contributed by atoms with Gasteiger partial charge in [-0.05, 0) is 37.7 Å². The van der Waals surface area contributed by atoms with E-state index < -0.39 is 0 Å². The average molecular weight is 261 g/mol. The summed E-state index contributed by atoms with van der Waals surface area (Å²) in [6.45, 7) is 2.17. The lowest BCUT2D eigenvalue weighted by atomic mass is 10.1. The molecule has 0 amide bonds. The molecule has 1 unspecified atom stereocenters. The molecule has 0 saturated carbocycles. The minimum Gasteiger partial charge on any atom is -0.313 e. The number of benzene rings is 1. The van der Waals surface area contributed by atoms with Crippen molar-refractivity contribution in [2.75, 3.05) is 7.05 Å². The first-order valence-corrected chi connectivity index (χ1v) is 7.06. The van der Waals surface area contributed by atoms with Crippen LogP contribution in [0.3, 0.4) is 0 Å². The summed E-state index contributed by atoms with van der Waals surface area (Å²) in [5.74, 6) is 0.915. The Bertz CT molecular complexity index is 507. The van der Waals surface area contributed by atoms with E-state index in [0.717, 1.165) is 11.4 Å². The smallest absolute Gasteiger partial charge is 0.0727 e. The Morgan fingerprint density at radius 2 is 2.22 bits per heavy atom. The summed E-state index contributed by atoms with van der Waals surface area (Å²) in [6, 6.07) is 11.1. The molecule has 18 heavy (non-hydrogen) atoms. The summed E-state index contributed by atoms with van der Waals surface area (Å²) in [4.78, 5) is 1.29. The van der Waals surface area contributed by atoms with Crippen molar-refractivity contribution in [3.63, 3.8) is 0 Å². The van der Waals surface area contributed by atoms with Crippen LogP contribution in [0.4, 0.5) is 0 Å². The maximum atomic E-state index is 4.38. The van der Waals surface area contributed by atoms with Crippen LogP contribution in [0.1, 0.15) is 24.2 Å². The third-order valence-electron chi connectivity index (χ3n) is 2.95. The highest BCUT2D eigenvalue weighted by atomic mass is 32.2. The van der Waals surface area contributed by atoms with Gasteiger partial charge in [0.25, 0.3) is 0 Å². The molecule has 0 aliphatic carbocycles. The molecule has 0 bridgehead atoms. The zero-order chi connectivity index (χ0) is 13.0. The van der Waals surface area contributed by atoms with Crippen molar-refractivity contribution in [3.8, 4) is 0 Å². The Labute approximate surface area is 113 Å². The van der Waals surface area contributed by atoms with Gasteiger partial charge in [-0.2, -0.15) is 5.10 Å². The van der Waals surface area contributed by atoms with E-state index in [4.69, 9.17) is 0 Å². The van der Waals surface area contributed by atoms with Gasteiger partial charge < -0.3 is 5.32 Å². The number of nitrogens with one attached hydrogen (secondary N) is 1. The molecule has 1 atom stereocenters. The maximum absolute atomic E-state index is 4.38. The zero-order valence-electron chi connectivity index (χ0n) is 11.1. The van der Waals surface area contributed by atoms with Gasteiger partial charge in [-0.3, -0.25) is 4.68 Å². The predicted molar refractivity (Wildman–Crippen MR) is 76.7 cm³/mol. The molecule has 2 rings (SSSR count). The van der Waals surface area contributed by atoms with Gasteiger partial charge in [0, 0.05) is 29.9 Å². The van der Waals surface area contributed by atoms with Gasteiger partial charge in [0.1, 0.15) is 0 Å². The highest BCUT2D eigenvalue weighted by molar-refractivity contribution is 7.98. The Kier molecular flexibility index (Phi) is 4.44. The summed E-state index contributed by atoms with van der Waals surface area (Å²) in [5.41, 5.74) is 2.44. The standard InChI is InChI=1S/C14H19N3S/c1-11(15-2)12-5-4-6-14(9-12)18-10-13-7-8-17(3)16-13/h4-9,11,15H,10H2,1-3H3. The molecule has 0 aliphatic rings. The fourth-order valence-electron chi connectivity index (χ4n) is 1.74. The lowest BCUT2D eigenvalue weighted by Crippen LogP contribution is -2.11. The summed E-state index contributed by atoms with van der Waals surface area (Å²) in [6.07, 6.45) is 1.98. The van der Waals surface area contributed by atoms with E-state index in [1.807, 2.05) is 36.7 Å². The lowest BCUT2D eigenvalue weighted by molar-refractivity contribution is 0.651. The second-order valence-electron chi connectivity index (χ2n) is 4.35. The molecule has 0 saturated heterocycles. The summed E-state index contributed by atoms with van der Waals surface area (Å²) in [7, 11) is 3.93. The molecule has 1 aromatic carbocycles. The van der Waals surface area contributed by atoms with Crippen molar-refractivity contribution in [1.82, 2.24) is 15.1 Å². The average Bonchev–Trinajstić information content (AvgIpc) is 2.81. The molecule has 0 radical (unpaired) electrons. The first-order chi connectivity index (χ1) is 8.69. The first-order valence-electron chi connectivity index (χ1n) is 6.07. The van der Waals surface area contributed by atoms with Crippen molar-refractivity contribution in [1.29, 1.82) is 0 Å². The molecular weight excluding hydrogens is 242 g/mol. The molecule has 0 aliphatic heterocycles. The van der Waals surface area contributed by atoms with Crippen molar-refractivity contribution in [3.05, 3.63) is 47.8 Å². The van der Waals surface area contributed by atoms with Crippen LogP contribution < -0.4 is 5.32 Å². The van der Waals surface area contributed by atoms with Crippen molar-refractivity contribution in [2.45, 2.75) is 23.6 Å². The molecule has 96 valence electrons. The molecule has 0 spiro atoms. The molecule has 1 N–H and O–H groups in total. The maximum Gasteiger partial charge on any atom is 0.0727 e. The van der Waals surface area contributed by atoms with E-state index in [2.05, 4.69) is 47.7 Å². The predicted octanol–water partition coefficient (Wildman–Crippen LogP) is 2.99. The summed E-state index contributed by atoms with van der Waals surface area (Å²) in [5, 5.41) is 7.64. The summed E-state index contributed by atoms with van der Waals surface area (Å²) < 4.78 is 1.84. The SMILES string of the molecule is CNC(C)c1cccc(SCc2ccn(C)n2)c1. The molecule has 3 nitrogen and oxygen atoms in total. The van der Waals surface area contributed by atoms with Gasteiger partial charge in [-0.1, -0.05) is 12.1 Å². The molecule has 0 fully saturated rings. The van der Waals surface area contributed by atoms with E-state index in [0.29, 0.717) is 6.04 Å². The minimum absolute atomic E-state index is 0.389. The van der Waals surface area contributed by atoms with Gasteiger partial charge in [0.05, 0.1) is 5.69 Å². The van der Waals surface area contributed by atoms with Crippen LogP contribution in [0.15, 0.2) is 41.4 Å². The Hall–Kier alpha value is -1.26. The van der Waals surface area contributed by atoms with E-state index in [9.17, 15) is 0 Å². The number of hydrogen-bond donors (Lipinski definition) is 1. The van der Waals surface area contributed by atoms with Gasteiger partial charge in [0.2, 0.25) is 0 Å². The second-order valence-corrected chi connectivity index (χ2v) is 5.40. The zero-order valence-corrected chi connectivity index (χ0v) is 11.9. The first kappa shape index (κ1) is 13.2. The number of hydrogen-bond acceptors (Lipinski definition) is 3. The molecule has 2 aromatic rings. The highest BCUT2D eigenvalue weighted by Gasteiger charge is 2.04. The third kappa shape index (κ3) is 3.37. The fraction of sp³-hybridized carbons (Fsp3) is 0.357. The monoisotopic (exact) mass is 261 g/mol.